The number of thiazole rings is 1. The minimum absolute atomic E-state index is 0.147. The quantitative estimate of drug-likeness (QED) is 0.135. The number of carbonyl (C=O) groups is 2. The third-order valence-electron chi connectivity index (χ3n) is 6.88. The summed E-state index contributed by atoms with van der Waals surface area (Å²) in [7, 11) is 3.22. The Morgan fingerprint density at radius 1 is 0.913 bits per heavy atom. The summed E-state index contributed by atoms with van der Waals surface area (Å²) in [5.41, 5.74) is 8.18. The number of hydrogen-bond donors (Lipinski definition) is 2. The van der Waals surface area contributed by atoms with Crippen LogP contribution in [-0.4, -0.2) is 47.3 Å². The number of aromatic nitrogens is 3. The van der Waals surface area contributed by atoms with Crippen molar-refractivity contribution in [2.45, 2.75) is 26.2 Å². The fraction of sp³-hybridized carbons (Fsp3) is 0.212. The maximum atomic E-state index is 13.2. The van der Waals surface area contributed by atoms with Gasteiger partial charge in [-0.3, -0.25) is 14.3 Å². The molecular weight excluding hydrogens is 630 g/mol. The number of aryl methyl sites for hydroxylation is 1. The van der Waals surface area contributed by atoms with Gasteiger partial charge in [-0.25, -0.2) is 4.98 Å². The number of hydrogen-bond acceptors (Lipinski definition) is 9. The Hall–Kier alpha value is -5.07. The van der Waals surface area contributed by atoms with Gasteiger partial charge in [0.15, 0.2) is 11.5 Å². The highest BCUT2D eigenvalue weighted by molar-refractivity contribution is 7.16. The van der Waals surface area contributed by atoms with E-state index in [2.05, 4.69) is 15.4 Å². The molecule has 13 heteroatoms. The van der Waals surface area contributed by atoms with Crippen molar-refractivity contribution in [3.05, 3.63) is 106 Å². The van der Waals surface area contributed by atoms with Gasteiger partial charge in [0.25, 0.3) is 11.8 Å². The van der Waals surface area contributed by atoms with Crippen LogP contribution in [0, 0.1) is 0 Å². The highest BCUT2D eigenvalue weighted by Crippen LogP contribution is 2.39. The van der Waals surface area contributed by atoms with E-state index >= 15 is 0 Å². The molecule has 0 saturated carbocycles. The molecule has 2 heterocycles. The van der Waals surface area contributed by atoms with Crippen molar-refractivity contribution < 1.29 is 28.5 Å². The van der Waals surface area contributed by atoms with Crippen molar-refractivity contribution in [3.8, 4) is 33.6 Å². The van der Waals surface area contributed by atoms with Gasteiger partial charge in [0.1, 0.15) is 34.6 Å². The summed E-state index contributed by atoms with van der Waals surface area (Å²) in [6, 6.07) is 18.3. The molecule has 3 N–H and O–H groups in total. The Labute approximate surface area is 274 Å². The Balaban J connectivity index is 1.23. The molecule has 5 rings (SSSR count). The summed E-state index contributed by atoms with van der Waals surface area (Å²) in [5, 5.41) is 8.07. The largest absolute Gasteiger partial charge is 0.497 e. The Kier molecular flexibility index (Phi) is 10.7. The smallest absolute Gasteiger partial charge is 0.260 e. The van der Waals surface area contributed by atoms with Gasteiger partial charge in [-0.1, -0.05) is 35.9 Å². The number of methoxy groups -OCH3 is 2. The fourth-order valence-electron chi connectivity index (χ4n) is 4.38. The standard InChI is InChI=1S/C33H32ClN5O6S/c1-42-24-8-4-21(5-9-24)19-44-27-13-12-26(29(34)30(27)45-20-22-6-10-25(43-2)11-7-22)32(41)36-14-3-15-39-18-23(16-38-39)33-37-17-28(46-33)31(35)40/h4-13,16-18H,3,14-15,19-20H2,1-2H3,(H2,35,40)(H,36,41). The van der Waals surface area contributed by atoms with Crippen LogP contribution in [0.15, 0.2) is 79.3 Å². The van der Waals surface area contributed by atoms with E-state index in [9.17, 15) is 9.59 Å². The van der Waals surface area contributed by atoms with E-state index in [1.54, 1.807) is 37.2 Å². The number of halogens is 1. The van der Waals surface area contributed by atoms with E-state index in [4.69, 9.17) is 36.3 Å². The highest BCUT2D eigenvalue weighted by Gasteiger charge is 2.20. The molecule has 0 saturated heterocycles. The lowest BCUT2D eigenvalue weighted by Crippen LogP contribution is -2.25. The van der Waals surface area contributed by atoms with Crippen molar-refractivity contribution in [1.29, 1.82) is 0 Å². The van der Waals surface area contributed by atoms with Gasteiger partial charge in [0.2, 0.25) is 0 Å². The first-order chi connectivity index (χ1) is 22.3. The normalized spacial score (nSPS) is 10.8. The Morgan fingerprint density at radius 2 is 1.57 bits per heavy atom. The minimum atomic E-state index is -0.515. The van der Waals surface area contributed by atoms with Crippen molar-refractivity contribution >= 4 is 34.8 Å². The number of carbonyl (C=O) groups excluding carboxylic acids is 2. The van der Waals surface area contributed by atoms with Gasteiger partial charge in [-0.2, -0.15) is 5.10 Å². The number of benzene rings is 3. The van der Waals surface area contributed by atoms with Crippen LogP contribution in [-0.2, 0) is 19.8 Å². The zero-order valence-corrected chi connectivity index (χ0v) is 26.8. The number of rotatable bonds is 15. The Morgan fingerprint density at radius 3 is 2.17 bits per heavy atom. The molecule has 2 amide bonds. The monoisotopic (exact) mass is 661 g/mol. The number of ether oxygens (including phenoxy) is 4. The van der Waals surface area contributed by atoms with Gasteiger partial charge in [0, 0.05) is 24.8 Å². The molecule has 238 valence electrons. The van der Waals surface area contributed by atoms with Gasteiger partial charge in [0.05, 0.1) is 37.2 Å². The molecule has 46 heavy (non-hydrogen) atoms. The summed E-state index contributed by atoms with van der Waals surface area (Å²) in [6.07, 6.45) is 5.57. The zero-order valence-electron chi connectivity index (χ0n) is 25.2. The summed E-state index contributed by atoms with van der Waals surface area (Å²) < 4.78 is 24.5. The summed E-state index contributed by atoms with van der Waals surface area (Å²) in [5.74, 6) is 1.29. The maximum Gasteiger partial charge on any atom is 0.260 e. The van der Waals surface area contributed by atoms with Crippen LogP contribution in [0.2, 0.25) is 5.02 Å². The number of primary amides is 1. The van der Waals surface area contributed by atoms with Crippen LogP contribution in [0.5, 0.6) is 23.0 Å². The van der Waals surface area contributed by atoms with E-state index in [-0.39, 0.29) is 35.5 Å². The molecule has 0 radical (unpaired) electrons. The summed E-state index contributed by atoms with van der Waals surface area (Å²) in [6.45, 7) is 1.39. The highest BCUT2D eigenvalue weighted by atomic mass is 35.5. The summed E-state index contributed by atoms with van der Waals surface area (Å²) >= 11 is 7.99. The van der Waals surface area contributed by atoms with Crippen LogP contribution in [0.4, 0.5) is 0 Å². The SMILES string of the molecule is COc1ccc(COc2ccc(C(=O)NCCCn3cc(-c4ncc(C(N)=O)s4)cn3)c(Cl)c2OCc2ccc(OC)cc2)cc1. The topological polar surface area (TPSA) is 140 Å². The zero-order chi connectivity index (χ0) is 32.5. The lowest BCUT2D eigenvalue weighted by atomic mass is 10.1. The second-order valence-electron chi connectivity index (χ2n) is 10.0. The molecule has 0 aliphatic carbocycles. The van der Waals surface area contributed by atoms with E-state index in [1.165, 1.54) is 17.5 Å². The molecule has 0 atom stereocenters. The first-order valence-electron chi connectivity index (χ1n) is 14.2. The molecular formula is C33H32ClN5O6S. The molecule has 0 fully saturated rings. The van der Waals surface area contributed by atoms with Crippen LogP contribution in [0.25, 0.3) is 10.6 Å². The molecule has 0 aliphatic heterocycles. The number of amides is 2. The van der Waals surface area contributed by atoms with E-state index in [0.717, 1.165) is 28.2 Å². The van der Waals surface area contributed by atoms with Crippen molar-refractivity contribution in [1.82, 2.24) is 20.1 Å². The first kappa shape index (κ1) is 32.3. The van der Waals surface area contributed by atoms with Crippen LogP contribution >= 0.6 is 22.9 Å². The van der Waals surface area contributed by atoms with Gasteiger partial charge >= 0.3 is 0 Å². The third kappa shape index (κ3) is 8.14. The average molecular weight is 662 g/mol. The summed E-state index contributed by atoms with van der Waals surface area (Å²) in [4.78, 5) is 29.2. The predicted octanol–water partition coefficient (Wildman–Crippen LogP) is 5.75. The second-order valence-corrected chi connectivity index (χ2v) is 11.4. The number of nitrogens with two attached hydrogens (primary N) is 1. The van der Waals surface area contributed by atoms with Crippen LogP contribution in [0.1, 0.15) is 37.6 Å². The molecule has 2 aromatic heterocycles. The van der Waals surface area contributed by atoms with Crippen molar-refractivity contribution in [2.75, 3.05) is 20.8 Å². The van der Waals surface area contributed by atoms with Crippen LogP contribution < -0.4 is 30.0 Å². The second kappa shape index (κ2) is 15.3. The van der Waals surface area contributed by atoms with E-state index in [0.29, 0.717) is 35.1 Å². The molecule has 3 aromatic carbocycles. The van der Waals surface area contributed by atoms with Crippen LogP contribution in [0.3, 0.4) is 0 Å². The first-order valence-corrected chi connectivity index (χ1v) is 15.4. The van der Waals surface area contributed by atoms with Crippen molar-refractivity contribution in [3.63, 3.8) is 0 Å². The van der Waals surface area contributed by atoms with E-state index < -0.39 is 5.91 Å². The number of nitrogens with one attached hydrogen (secondary N) is 1. The molecule has 0 spiro atoms. The third-order valence-corrected chi connectivity index (χ3v) is 8.32. The average Bonchev–Trinajstić information content (AvgIpc) is 3.76. The fourth-order valence-corrected chi connectivity index (χ4v) is 5.42. The van der Waals surface area contributed by atoms with Gasteiger partial charge < -0.3 is 30.0 Å². The molecule has 0 aliphatic rings. The Bertz CT molecular complexity index is 1790. The lowest BCUT2D eigenvalue weighted by Gasteiger charge is -2.17. The van der Waals surface area contributed by atoms with E-state index in [1.807, 2.05) is 54.7 Å². The van der Waals surface area contributed by atoms with Gasteiger partial charge in [-0.15, -0.1) is 11.3 Å². The predicted molar refractivity (Wildman–Crippen MR) is 175 cm³/mol. The van der Waals surface area contributed by atoms with Gasteiger partial charge in [-0.05, 0) is 53.9 Å². The lowest BCUT2D eigenvalue weighted by molar-refractivity contribution is 0.0951. The molecule has 11 nitrogen and oxygen atoms in total. The minimum Gasteiger partial charge on any atom is -0.497 e. The molecule has 5 aromatic rings. The molecule has 0 unspecified atom stereocenters. The van der Waals surface area contributed by atoms with Crippen molar-refractivity contribution in [2.24, 2.45) is 5.73 Å². The maximum absolute atomic E-state index is 13.2. The number of nitrogens with zero attached hydrogens (tertiary/aromatic N) is 3. The molecule has 0 bridgehead atoms.